The maximum Gasteiger partial charge on any atom is 0.291 e. The second-order valence-corrected chi connectivity index (χ2v) is 10.1. The van der Waals surface area contributed by atoms with Gasteiger partial charge in [0.2, 0.25) is 5.91 Å². The van der Waals surface area contributed by atoms with Gasteiger partial charge >= 0.3 is 0 Å². The Morgan fingerprint density at radius 3 is 2.68 bits per heavy atom. The number of rotatable bonds is 4. The zero-order chi connectivity index (χ0) is 24.0. The molecular weight excluding hydrogens is 431 g/mol. The van der Waals surface area contributed by atoms with Gasteiger partial charge in [-0.2, -0.15) is 0 Å². The molecule has 178 valence electrons. The number of amides is 2. The molecule has 1 N–H and O–H groups in total. The lowest BCUT2D eigenvalue weighted by Crippen LogP contribution is -2.65. The summed E-state index contributed by atoms with van der Waals surface area (Å²) in [5.74, 6) is 0.193. The van der Waals surface area contributed by atoms with Crippen molar-refractivity contribution in [2.45, 2.75) is 64.7 Å². The van der Waals surface area contributed by atoms with Crippen molar-refractivity contribution in [2.75, 3.05) is 0 Å². The molecule has 1 aliphatic carbocycles. The highest BCUT2D eigenvalue weighted by Crippen LogP contribution is 2.34. The van der Waals surface area contributed by atoms with Crippen molar-refractivity contribution in [3.63, 3.8) is 0 Å². The summed E-state index contributed by atoms with van der Waals surface area (Å²) in [7, 11) is 0. The van der Waals surface area contributed by atoms with Crippen molar-refractivity contribution in [3.8, 4) is 0 Å². The van der Waals surface area contributed by atoms with E-state index in [1.54, 1.807) is 25.1 Å². The summed E-state index contributed by atoms with van der Waals surface area (Å²) in [5, 5.41) is 3.27. The van der Waals surface area contributed by atoms with E-state index in [2.05, 4.69) is 24.1 Å². The van der Waals surface area contributed by atoms with E-state index in [9.17, 15) is 14.0 Å². The lowest BCUT2D eigenvalue weighted by atomic mass is 9.77. The molecule has 1 aliphatic heterocycles. The first-order valence-electron chi connectivity index (χ1n) is 12.1. The quantitative estimate of drug-likeness (QED) is 0.619. The minimum atomic E-state index is -1.20. The van der Waals surface area contributed by atoms with Gasteiger partial charge in [-0.25, -0.2) is 9.37 Å². The van der Waals surface area contributed by atoms with E-state index in [0.29, 0.717) is 22.9 Å². The average Bonchev–Trinajstić information content (AvgIpc) is 3.19. The highest BCUT2D eigenvalue weighted by Gasteiger charge is 2.49. The van der Waals surface area contributed by atoms with Crippen LogP contribution in [0.5, 0.6) is 0 Å². The van der Waals surface area contributed by atoms with Crippen LogP contribution in [0, 0.1) is 17.7 Å². The molecule has 4 unspecified atom stereocenters. The van der Waals surface area contributed by atoms with E-state index in [1.807, 2.05) is 28.8 Å². The molecule has 7 heteroatoms. The van der Waals surface area contributed by atoms with Gasteiger partial charge in [0, 0.05) is 11.6 Å². The molecule has 1 fully saturated rings. The fourth-order valence-electron chi connectivity index (χ4n) is 5.48. The summed E-state index contributed by atoms with van der Waals surface area (Å²) >= 11 is 0. The summed E-state index contributed by atoms with van der Waals surface area (Å²) in [4.78, 5) is 33.7. The number of imidazole rings is 1. The molecule has 0 saturated heterocycles. The van der Waals surface area contributed by atoms with Crippen LogP contribution in [0.3, 0.4) is 0 Å². The van der Waals surface area contributed by atoms with E-state index in [1.165, 1.54) is 11.0 Å². The number of carbonyl (C=O) groups excluding carboxylic acids is 2. The van der Waals surface area contributed by atoms with Gasteiger partial charge in [-0.15, -0.1) is 0 Å². The van der Waals surface area contributed by atoms with Crippen molar-refractivity contribution in [3.05, 3.63) is 65.7 Å². The molecule has 5 rings (SSSR count). The van der Waals surface area contributed by atoms with Crippen LogP contribution in [0.4, 0.5) is 4.39 Å². The number of nitrogens with zero attached hydrogens (tertiary/aromatic N) is 3. The van der Waals surface area contributed by atoms with Crippen molar-refractivity contribution in [2.24, 2.45) is 11.8 Å². The molecular formula is C27H31FN4O2. The highest BCUT2D eigenvalue weighted by atomic mass is 19.1. The summed E-state index contributed by atoms with van der Waals surface area (Å²) in [6.07, 6.45) is 3.16. The number of nitrogens with one attached hydrogen (secondary N) is 1. The molecule has 1 aromatic heterocycles. The number of hydrogen-bond acceptors (Lipinski definition) is 3. The predicted molar refractivity (Wildman–Crippen MR) is 129 cm³/mol. The third kappa shape index (κ3) is 3.67. The zero-order valence-electron chi connectivity index (χ0n) is 19.9. The van der Waals surface area contributed by atoms with Crippen LogP contribution < -0.4 is 5.32 Å². The van der Waals surface area contributed by atoms with Crippen LogP contribution in [-0.4, -0.2) is 37.8 Å². The van der Waals surface area contributed by atoms with Crippen LogP contribution >= 0.6 is 0 Å². The van der Waals surface area contributed by atoms with Crippen LogP contribution in [0.25, 0.3) is 11.0 Å². The third-order valence-corrected chi connectivity index (χ3v) is 7.95. The molecule has 34 heavy (non-hydrogen) atoms. The fraction of sp³-hybridized carbons (Fsp3) is 0.444. The molecule has 2 heterocycles. The number of fused-ring (bicyclic) bond motifs is 3. The number of hydrogen-bond donors (Lipinski definition) is 1. The summed E-state index contributed by atoms with van der Waals surface area (Å²) in [6, 6.07) is 14.0. The standard InChI is InChI=1S/C27H31FN4O2/c1-17-9-8-13-21(18(17)2)30-26(34)27(3)16-31-23-14-7-6-12-22(23)29-24(31)25(33)32(27)15-19-10-4-5-11-20(19)28/h4-7,10-12,14,17-18,21H,8-9,13,15-16H2,1-3H3,(H,30,34). The molecule has 4 atom stereocenters. The SMILES string of the molecule is CC1CCCC(NC(=O)C2(C)Cn3c(nc4ccccc43)C(=O)N2Cc2ccccc2F)C1C. The monoisotopic (exact) mass is 462 g/mol. The maximum absolute atomic E-state index is 14.6. The van der Waals surface area contributed by atoms with Gasteiger partial charge in [-0.3, -0.25) is 9.59 Å². The number of halogens is 1. The molecule has 6 nitrogen and oxygen atoms in total. The summed E-state index contributed by atoms with van der Waals surface area (Å²) in [5.41, 5.74) is 0.696. The Bertz CT molecular complexity index is 1250. The van der Waals surface area contributed by atoms with Gasteiger partial charge < -0.3 is 14.8 Å². The minimum Gasteiger partial charge on any atom is -0.351 e. The first-order valence-corrected chi connectivity index (χ1v) is 12.1. The topological polar surface area (TPSA) is 67.2 Å². The van der Waals surface area contributed by atoms with E-state index < -0.39 is 11.4 Å². The van der Waals surface area contributed by atoms with Gasteiger partial charge in [0.15, 0.2) is 5.82 Å². The van der Waals surface area contributed by atoms with Gasteiger partial charge in [0.1, 0.15) is 11.4 Å². The van der Waals surface area contributed by atoms with E-state index >= 15 is 0 Å². The fourth-order valence-corrected chi connectivity index (χ4v) is 5.48. The summed E-state index contributed by atoms with van der Waals surface area (Å²) < 4.78 is 16.4. The van der Waals surface area contributed by atoms with Crippen molar-refractivity contribution in [1.82, 2.24) is 19.8 Å². The Kier molecular flexibility index (Phi) is 5.66. The van der Waals surface area contributed by atoms with Gasteiger partial charge in [-0.05, 0) is 43.4 Å². The van der Waals surface area contributed by atoms with Crippen LogP contribution in [-0.2, 0) is 17.9 Å². The Hall–Kier alpha value is -3.22. The Labute approximate surface area is 199 Å². The molecule has 3 aromatic rings. The lowest BCUT2D eigenvalue weighted by molar-refractivity contribution is -0.134. The maximum atomic E-state index is 14.6. The van der Waals surface area contributed by atoms with Gasteiger partial charge in [0.05, 0.1) is 24.1 Å². The van der Waals surface area contributed by atoms with Crippen molar-refractivity contribution in [1.29, 1.82) is 0 Å². The molecule has 2 aliphatic rings. The first kappa shape index (κ1) is 22.6. The number of benzene rings is 2. The number of aromatic nitrogens is 2. The Morgan fingerprint density at radius 1 is 1.15 bits per heavy atom. The van der Waals surface area contributed by atoms with E-state index in [-0.39, 0.29) is 36.8 Å². The average molecular weight is 463 g/mol. The Balaban J connectivity index is 1.55. The van der Waals surface area contributed by atoms with Crippen LogP contribution in [0.15, 0.2) is 48.5 Å². The second-order valence-electron chi connectivity index (χ2n) is 10.1. The lowest BCUT2D eigenvalue weighted by Gasteiger charge is -2.45. The van der Waals surface area contributed by atoms with Crippen molar-refractivity contribution >= 4 is 22.8 Å². The Morgan fingerprint density at radius 2 is 1.88 bits per heavy atom. The first-order chi connectivity index (χ1) is 16.3. The molecule has 0 spiro atoms. The van der Waals surface area contributed by atoms with Crippen LogP contribution in [0.2, 0.25) is 0 Å². The number of para-hydroxylation sites is 2. The normalized spacial score (nSPS) is 27.0. The molecule has 2 amide bonds. The second kappa shape index (κ2) is 8.53. The molecule has 2 aromatic carbocycles. The van der Waals surface area contributed by atoms with Gasteiger partial charge in [0.25, 0.3) is 5.91 Å². The zero-order valence-corrected chi connectivity index (χ0v) is 19.9. The van der Waals surface area contributed by atoms with Gasteiger partial charge in [-0.1, -0.05) is 57.0 Å². The predicted octanol–water partition coefficient (Wildman–Crippen LogP) is 4.53. The molecule has 0 bridgehead atoms. The van der Waals surface area contributed by atoms with E-state index in [0.717, 1.165) is 24.8 Å². The highest BCUT2D eigenvalue weighted by molar-refractivity contribution is 6.01. The molecule has 1 saturated carbocycles. The molecule has 0 radical (unpaired) electrons. The summed E-state index contributed by atoms with van der Waals surface area (Å²) in [6.45, 7) is 6.45. The van der Waals surface area contributed by atoms with Crippen LogP contribution in [0.1, 0.15) is 56.2 Å². The third-order valence-electron chi connectivity index (χ3n) is 7.95. The smallest absolute Gasteiger partial charge is 0.291 e. The number of carbonyl (C=O) groups is 2. The largest absolute Gasteiger partial charge is 0.351 e. The van der Waals surface area contributed by atoms with Crippen molar-refractivity contribution < 1.29 is 14.0 Å². The van der Waals surface area contributed by atoms with E-state index in [4.69, 9.17) is 0 Å². The minimum absolute atomic E-state index is 0.00471.